The average Bonchev–Trinajstić information content (AvgIpc) is 2.84. The molecule has 4 heteroatoms. The molecule has 0 bridgehead atoms. The van der Waals surface area contributed by atoms with Crippen LogP contribution in [0.2, 0.25) is 0 Å². The summed E-state index contributed by atoms with van der Waals surface area (Å²) in [6, 6.07) is 0.323. The molecule has 0 spiro atoms. The van der Waals surface area contributed by atoms with Gasteiger partial charge in [0.15, 0.2) is 0 Å². The molecule has 0 aromatic heterocycles. The van der Waals surface area contributed by atoms with Crippen LogP contribution >= 0.6 is 0 Å². The second-order valence-corrected chi connectivity index (χ2v) is 5.03. The van der Waals surface area contributed by atoms with Gasteiger partial charge in [0.25, 0.3) is 0 Å². The summed E-state index contributed by atoms with van der Waals surface area (Å²) in [6.45, 7) is 6.30. The predicted molar refractivity (Wildman–Crippen MR) is 66.8 cm³/mol. The van der Waals surface area contributed by atoms with Crippen molar-refractivity contribution < 1.29 is 9.53 Å². The monoisotopic (exact) mass is 240 g/mol. The second-order valence-electron chi connectivity index (χ2n) is 5.03. The van der Waals surface area contributed by atoms with Gasteiger partial charge in [0.1, 0.15) is 0 Å². The van der Waals surface area contributed by atoms with E-state index in [1.807, 2.05) is 6.92 Å². The van der Waals surface area contributed by atoms with Crippen molar-refractivity contribution in [2.75, 3.05) is 32.8 Å². The molecule has 0 unspecified atom stereocenters. The fourth-order valence-electron chi connectivity index (χ4n) is 2.85. The number of carbonyl (C=O) groups is 1. The van der Waals surface area contributed by atoms with Gasteiger partial charge >= 0.3 is 0 Å². The first-order valence-electron chi connectivity index (χ1n) is 6.92. The molecule has 2 aliphatic heterocycles. The number of piperidine rings is 1. The molecule has 98 valence electrons. The highest BCUT2D eigenvalue weighted by molar-refractivity contribution is 5.79. The number of rotatable bonds is 4. The Bertz CT molecular complexity index is 252. The molecule has 4 nitrogen and oxygen atoms in total. The van der Waals surface area contributed by atoms with Gasteiger partial charge in [-0.15, -0.1) is 0 Å². The topological polar surface area (TPSA) is 41.6 Å². The quantitative estimate of drug-likeness (QED) is 0.797. The van der Waals surface area contributed by atoms with Crippen molar-refractivity contribution in [2.45, 2.75) is 38.6 Å². The summed E-state index contributed by atoms with van der Waals surface area (Å²) in [4.78, 5) is 14.5. The number of likely N-dealkylation sites (tertiary alicyclic amines) is 1. The summed E-state index contributed by atoms with van der Waals surface area (Å²) in [5.74, 6) is 0.547. The van der Waals surface area contributed by atoms with Crippen LogP contribution in [-0.2, 0) is 9.53 Å². The average molecular weight is 240 g/mol. The number of ether oxygens (including phenoxy) is 1. The molecule has 0 aromatic carbocycles. The lowest BCUT2D eigenvalue weighted by Gasteiger charge is -2.30. The van der Waals surface area contributed by atoms with Gasteiger partial charge in [0.05, 0.1) is 18.6 Å². The molecule has 2 heterocycles. The van der Waals surface area contributed by atoms with E-state index in [1.165, 1.54) is 0 Å². The summed E-state index contributed by atoms with van der Waals surface area (Å²) >= 11 is 0. The molecule has 0 aromatic rings. The highest BCUT2D eigenvalue weighted by Crippen LogP contribution is 2.22. The van der Waals surface area contributed by atoms with E-state index in [2.05, 4.69) is 10.2 Å². The van der Waals surface area contributed by atoms with Crippen LogP contribution in [0.15, 0.2) is 0 Å². The number of nitrogens with one attached hydrogen (secondary N) is 1. The van der Waals surface area contributed by atoms with Crippen molar-refractivity contribution in [1.29, 1.82) is 0 Å². The molecule has 2 rings (SSSR count). The van der Waals surface area contributed by atoms with E-state index in [-0.39, 0.29) is 5.92 Å². The van der Waals surface area contributed by atoms with Crippen molar-refractivity contribution in [3.63, 3.8) is 0 Å². The number of amides is 1. The van der Waals surface area contributed by atoms with Crippen LogP contribution in [-0.4, -0.2) is 49.7 Å². The van der Waals surface area contributed by atoms with Crippen LogP contribution in [0.1, 0.15) is 32.6 Å². The van der Waals surface area contributed by atoms with Crippen molar-refractivity contribution in [3.05, 3.63) is 0 Å². The van der Waals surface area contributed by atoms with E-state index in [0.717, 1.165) is 51.9 Å². The number of carbonyl (C=O) groups excluding carboxylic acids is 1. The third kappa shape index (κ3) is 3.19. The lowest BCUT2D eigenvalue weighted by Crippen LogP contribution is -2.46. The Kier molecular flexibility index (Phi) is 4.80. The highest BCUT2D eigenvalue weighted by Gasteiger charge is 2.33. The highest BCUT2D eigenvalue weighted by atomic mass is 16.5. The van der Waals surface area contributed by atoms with Gasteiger partial charge in [-0.05, 0) is 39.2 Å². The Morgan fingerprint density at radius 1 is 1.41 bits per heavy atom. The molecule has 0 radical (unpaired) electrons. The van der Waals surface area contributed by atoms with Gasteiger partial charge < -0.3 is 15.0 Å². The Morgan fingerprint density at radius 3 is 3.00 bits per heavy atom. The molecular weight excluding hydrogens is 216 g/mol. The van der Waals surface area contributed by atoms with Crippen molar-refractivity contribution >= 4 is 5.91 Å². The minimum absolute atomic E-state index is 0.200. The molecule has 1 N–H and O–H groups in total. The Hall–Kier alpha value is -0.610. The summed E-state index contributed by atoms with van der Waals surface area (Å²) in [5, 5.41) is 3.32. The zero-order valence-corrected chi connectivity index (χ0v) is 10.8. The maximum Gasteiger partial charge on any atom is 0.227 e. The van der Waals surface area contributed by atoms with Gasteiger partial charge in [-0.3, -0.25) is 4.79 Å². The lowest BCUT2D eigenvalue weighted by molar-refractivity contribution is -0.138. The molecule has 2 fully saturated rings. The Morgan fingerprint density at radius 2 is 2.29 bits per heavy atom. The predicted octanol–water partition coefficient (Wildman–Crippen LogP) is 1.01. The normalized spacial score (nSPS) is 29.6. The smallest absolute Gasteiger partial charge is 0.227 e. The molecular formula is C13H24N2O2. The van der Waals surface area contributed by atoms with Gasteiger partial charge in [0.2, 0.25) is 5.91 Å². The zero-order chi connectivity index (χ0) is 12.1. The summed E-state index contributed by atoms with van der Waals surface area (Å²) in [6.07, 6.45) is 4.40. The van der Waals surface area contributed by atoms with Crippen molar-refractivity contribution in [2.24, 2.45) is 5.92 Å². The van der Waals surface area contributed by atoms with Crippen LogP contribution in [0.5, 0.6) is 0 Å². The molecule has 0 aliphatic carbocycles. The second kappa shape index (κ2) is 6.36. The Balaban J connectivity index is 1.88. The summed E-state index contributed by atoms with van der Waals surface area (Å²) in [5.41, 5.74) is 0. The van der Waals surface area contributed by atoms with Gasteiger partial charge in [-0.1, -0.05) is 0 Å². The van der Waals surface area contributed by atoms with E-state index in [1.54, 1.807) is 0 Å². The molecule has 0 saturated carbocycles. The first-order chi connectivity index (χ1) is 8.33. The van der Waals surface area contributed by atoms with Crippen LogP contribution < -0.4 is 5.32 Å². The van der Waals surface area contributed by atoms with Crippen LogP contribution in [0.4, 0.5) is 0 Å². The van der Waals surface area contributed by atoms with E-state index < -0.39 is 0 Å². The minimum atomic E-state index is 0.200. The molecule has 1 amide bonds. The zero-order valence-electron chi connectivity index (χ0n) is 10.8. The van der Waals surface area contributed by atoms with Crippen LogP contribution in [0.3, 0.4) is 0 Å². The van der Waals surface area contributed by atoms with E-state index in [0.29, 0.717) is 18.6 Å². The number of nitrogens with zero attached hydrogens (tertiary/aromatic N) is 1. The van der Waals surface area contributed by atoms with E-state index in [9.17, 15) is 4.79 Å². The van der Waals surface area contributed by atoms with Crippen molar-refractivity contribution in [3.8, 4) is 0 Å². The first-order valence-corrected chi connectivity index (χ1v) is 6.92. The largest absolute Gasteiger partial charge is 0.380 e. The Labute approximate surface area is 104 Å². The summed E-state index contributed by atoms with van der Waals surface area (Å²) in [7, 11) is 0. The third-order valence-electron chi connectivity index (χ3n) is 3.82. The van der Waals surface area contributed by atoms with Gasteiger partial charge in [-0.25, -0.2) is 0 Å². The third-order valence-corrected chi connectivity index (χ3v) is 3.82. The first kappa shape index (κ1) is 12.8. The number of hydrogen-bond acceptors (Lipinski definition) is 3. The van der Waals surface area contributed by atoms with Gasteiger partial charge in [-0.2, -0.15) is 0 Å². The molecule has 17 heavy (non-hydrogen) atoms. The molecule has 2 atom stereocenters. The van der Waals surface area contributed by atoms with Crippen LogP contribution in [0, 0.1) is 5.92 Å². The van der Waals surface area contributed by atoms with Crippen molar-refractivity contribution in [1.82, 2.24) is 10.2 Å². The maximum absolute atomic E-state index is 12.4. The van der Waals surface area contributed by atoms with E-state index in [4.69, 9.17) is 4.74 Å². The summed E-state index contributed by atoms with van der Waals surface area (Å²) < 4.78 is 5.48. The fraction of sp³-hybridized carbons (Fsp3) is 0.923. The fourth-order valence-corrected chi connectivity index (χ4v) is 2.85. The number of hydrogen-bond donors (Lipinski definition) is 1. The van der Waals surface area contributed by atoms with Gasteiger partial charge in [0, 0.05) is 19.7 Å². The minimum Gasteiger partial charge on any atom is -0.380 e. The maximum atomic E-state index is 12.4. The standard InChI is InChI=1S/C13H24N2O2/c1-2-17-10-12-6-4-8-15(12)13(16)11-5-3-7-14-9-11/h11-12,14H,2-10H2,1H3/t11-,12-/m0/s1. The molecule has 2 saturated heterocycles. The van der Waals surface area contributed by atoms with E-state index >= 15 is 0 Å². The van der Waals surface area contributed by atoms with Crippen LogP contribution in [0.25, 0.3) is 0 Å². The molecule has 2 aliphatic rings. The SMILES string of the molecule is CCOC[C@@H]1CCCN1C(=O)[C@H]1CCCNC1. The lowest BCUT2D eigenvalue weighted by atomic mass is 9.98.